The highest BCUT2D eigenvalue weighted by molar-refractivity contribution is 5.76. The summed E-state index contributed by atoms with van der Waals surface area (Å²) in [6, 6.07) is 11.2. The SMILES string of the molecule is CCc1c(C)c(-c2ccccc2)c(C2CCCCC2)c(CC)c1CC. The van der Waals surface area contributed by atoms with Gasteiger partial charge in [0.25, 0.3) is 0 Å². The highest BCUT2D eigenvalue weighted by atomic mass is 14.3. The first-order valence-corrected chi connectivity index (χ1v) is 10.4. The van der Waals surface area contributed by atoms with Gasteiger partial charge >= 0.3 is 0 Å². The molecule has 0 atom stereocenters. The molecule has 0 saturated heterocycles. The third-order valence-corrected chi connectivity index (χ3v) is 6.29. The van der Waals surface area contributed by atoms with Crippen LogP contribution in [0, 0.1) is 6.92 Å². The van der Waals surface area contributed by atoms with E-state index in [1.165, 1.54) is 50.5 Å². The van der Waals surface area contributed by atoms with Gasteiger partial charge in [-0.25, -0.2) is 0 Å². The van der Waals surface area contributed by atoms with E-state index in [2.05, 4.69) is 58.0 Å². The van der Waals surface area contributed by atoms with Crippen LogP contribution in [0.5, 0.6) is 0 Å². The Labute approximate surface area is 154 Å². The van der Waals surface area contributed by atoms with Gasteiger partial charge in [0.2, 0.25) is 0 Å². The van der Waals surface area contributed by atoms with Crippen LogP contribution in [0.1, 0.15) is 86.6 Å². The van der Waals surface area contributed by atoms with E-state index in [0.717, 1.165) is 12.3 Å². The maximum Gasteiger partial charge on any atom is -0.0114 e. The lowest BCUT2D eigenvalue weighted by Gasteiger charge is -2.31. The first-order valence-electron chi connectivity index (χ1n) is 10.4. The Balaban J connectivity index is 2.33. The Kier molecular flexibility index (Phi) is 5.99. The first-order chi connectivity index (χ1) is 12.2. The molecule has 1 fully saturated rings. The zero-order valence-electron chi connectivity index (χ0n) is 16.6. The first kappa shape index (κ1) is 18.2. The van der Waals surface area contributed by atoms with Crippen molar-refractivity contribution < 1.29 is 0 Å². The summed E-state index contributed by atoms with van der Waals surface area (Å²) in [5.74, 6) is 0.758. The summed E-state index contributed by atoms with van der Waals surface area (Å²) in [7, 11) is 0. The van der Waals surface area contributed by atoms with Gasteiger partial charge in [-0.15, -0.1) is 0 Å². The highest BCUT2D eigenvalue weighted by Gasteiger charge is 2.26. The van der Waals surface area contributed by atoms with Gasteiger partial charge < -0.3 is 0 Å². The Morgan fingerprint density at radius 3 is 1.92 bits per heavy atom. The zero-order chi connectivity index (χ0) is 17.8. The van der Waals surface area contributed by atoms with Crippen LogP contribution in [0.25, 0.3) is 11.1 Å². The summed E-state index contributed by atoms with van der Waals surface area (Å²) < 4.78 is 0. The minimum atomic E-state index is 0.758. The summed E-state index contributed by atoms with van der Waals surface area (Å²) in [5, 5.41) is 0. The summed E-state index contributed by atoms with van der Waals surface area (Å²) >= 11 is 0. The van der Waals surface area contributed by atoms with Crippen molar-refractivity contribution in [2.24, 2.45) is 0 Å². The van der Waals surface area contributed by atoms with E-state index < -0.39 is 0 Å². The Bertz CT molecular complexity index is 703. The van der Waals surface area contributed by atoms with Crippen molar-refractivity contribution in [3.05, 3.63) is 58.1 Å². The van der Waals surface area contributed by atoms with Crippen LogP contribution < -0.4 is 0 Å². The average Bonchev–Trinajstić information content (AvgIpc) is 2.68. The molecule has 3 rings (SSSR count). The Morgan fingerprint density at radius 2 is 1.36 bits per heavy atom. The molecule has 2 aromatic rings. The summed E-state index contributed by atoms with van der Waals surface area (Å²) in [6.07, 6.45) is 10.5. The van der Waals surface area contributed by atoms with Gasteiger partial charge in [0, 0.05) is 0 Å². The monoisotopic (exact) mass is 334 g/mol. The van der Waals surface area contributed by atoms with E-state index in [1.54, 1.807) is 33.4 Å². The predicted octanol–water partition coefficient (Wildman–Crippen LogP) is 7.40. The molecule has 0 N–H and O–H groups in total. The fourth-order valence-corrected chi connectivity index (χ4v) is 5.20. The molecule has 25 heavy (non-hydrogen) atoms. The standard InChI is InChI=1S/C25H34/c1-5-21-18(4)24(19-14-10-8-11-15-19)25(20-16-12-9-13-17-20)23(7-3)22(21)6-2/h8,10-11,14-15,20H,5-7,9,12-13,16-17H2,1-4H3. The maximum absolute atomic E-state index is 2.38. The summed E-state index contributed by atoms with van der Waals surface area (Å²) in [4.78, 5) is 0. The minimum absolute atomic E-state index is 0.758. The molecule has 0 aliphatic heterocycles. The van der Waals surface area contributed by atoms with Gasteiger partial charge in [-0.1, -0.05) is 70.4 Å². The van der Waals surface area contributed by atoms with Crippen molar-refractivity contribution in [1.82, 2.24) is 0 Å². The van der Waals surface area contributed by atoms with Gasteiger partial charge in [-0.3, -0.25) is 0 Å². The van der Waals surface area contributed by atoms with E-state index in [0.29, 0.717) is 0 Å². The van der Waals surface area contributed by atoms with Crippen molar-refractivity contribution >= 4 is 0 Å². The molecule has 0 amide bonds. The minimum Gasteiger partial charge on any atom is -0.0622 e. The molecular weight excluding hydrogens is 300 g/mol. The molecule has 1 saturated carbocycles. The normalized spacial score (nSPS) is 15.5. The summed E-state index contributed by atoms with van der Waals surface area (Å²) in [5.41, 5.74) is 11.2. The quantitative estimate of drug-likeness (QED) is 0.534. The molecule has 134 valence electrons. The molecule has 0 heterocycles. The average molecular weight is 335 g/mol. The summed E-state index contributed by atoms with van der Waals surface area (Å²) in [6.45, 7) is 9.42. The molecular formula is C25H34. The van der Waals surface area contributed by atoms with Crippen LogP contribution in [-0.2, 0) is 19.3 Å². The zero-order valence-corrected chi connectivity index (χ0v) is 16.6. The maximum atomic E-state index is 2.38. The molecule has 1 aliphatic carbocycles. The fourth-order valence-electron chi connectivity index (χ4n) is 5.20. The molecule has 0 aromatic heterocycles. The molecule has 2 aromatic carbocycles. The van der Waals surface area contributed by atoms with Crippen molar-refractivity contribution in [3.63, 3.8) is 0 Å². The van der Waals surface area contributed by atoms with Gasteiger partial charge in [0.05, 0.1) is 0 Å². The molecule has 0 bridgehead atoms. The number of benzene rings is 2. The van der Waals surface area contributed by atoms with E-state index >= 15 is 0 Å². The lowest BCUT2D eigenvalue weighted by molar-refractivity contribution is 0.442. The highest BCUT2D eigenvalue weighted by Crippen LogP contribution is 2.44. The Morgan fingerprint density at radius 1 is 0.760 bits per heavy atom. The predicted molar refractivity (Wildman–Crippen MR) is 111 cm³/mol. The molecule has 0 heteroatoms. The molecule has 1 aliphatic rings. The third kappa shape index (κ3) is 3.41. The van der Waals surface area contributed by atoms with Gasteiger partial charge in [0.1, 0.15) is 0 Å². The van der Waals surface area contributed by atoms with Crippen LogP contribution in [0.4, 0.5) is 0 Å². The van der Waals surface area contributed by atoms with E-state index in [1.807, 2.05) is 0 Å². The number of hydrogen-bond acceptors (Lipinski definition) is 0. The molecule has 0 radical (unpaired) electrons. The van der Waals surface area contributed by atoms with Crippen LogP contribution in [0.15, 0.2) is 30.3 Å². The molecule has 0 nitrogen and oxygen atoms in total. The number of hydrogen-bond donors (Lipinski definition) is 0. The van der Waals surface area contributed by atoms with Crippen molar-refractivity contribution in [2.75, 3.05) is 0 Å². The van der Waals surface area contributed by atoms with Crippen LogP contribution in [0.3, 0.4) is 0 Å². The van der Waals surface area contributed by atoms with Gasteiger partial charge in [0.15, 0.2) is 0 Å². The fraction of sp³-hybridized carbons (Fsp3) is 0.520. The van der Waals surface area contributed by atoms with E-state index in [-0.39, 0.29) is 0 Å². The van der Waals surface area contributed by atoms with Gasteiger partial charge in [-0.05, 0) is 83.9 Å². The van der Waals surface area contributed by atoms with Crippen LogP contribution in [0.2, 0.25) is 0 Å². The number of rotatable bonds is 5. The van der Waals surface area contributed by atoms with Crippen molar-refractivity contribution in [3.8, 4) is 11.1 Å². The second kappa shape index (κ2) is 8.21. The van der Waals surface area contributed by atoms with Crippen LogP contribution >= 0.6 is 0 Å². The third-order valence-electron chi connectivity index (χ3n) is 6.29. The second-order valence-electron chi connectivity index (χ2n) is 7.61. The van der Waals surface area contributed by atoms with E-state index in [9.17, 15) is 0 Å². The second-order valence-corrected chi connectivity index (χ2v) is 7.61. The topological polar surface area (TPSA) is 0 Å². The van der Waals surface area contributed by atoms with Crippen LogP contribution in [-0.4, -0.2) is 0 Å². The lowest BCUT2D eigenvalue weighted by atomic mass is 9.73. The van der Waals surface area contributed by atoms with Crippen molar-refractivity contribution in [1.29, 1.82) is 0 Å². The largest absolute Gasteiger partial charge is 0.0622 e. The van der Waals surface area contributed by atoms with Gasteiger partial charge in [-0.2, -0.15) is 0 Å². The lowest BCUT2D eigenvalue weighted by Crippen LogP contribution is -2.14. The van der Waals surface area contributed by atoms with Crippen molar-refractivity contribution in [2.45, 2.75) is 85.0 Å². The van der Waals surface area contributed by atoms with E-state index in [4.69, 9.17) is 0 Å². The smallest absolute Gasteiger partial charge is 0.0114 e. The molecule has 0 spiro atoms. The molecule has 0 unspecified atom stereocenters. The Hall–Kier alpha value is -1.56.